The van der Waals surface area contributed by atoms with Crippen molar-refractivity contribution in [3.8, 4) is 23.0 Å². The number of benzene rings is 2. The number of fused-ring (bicyclic) bond motifs is 1. The van der Waals surface area contributed by atoms with Crippen molar-refractivity contribution in [3.63, 3.8) is 0 Å². The smallest absolute Gasteiger partial charge is 0.229 e. The van der Waals surface area contributed by atoms with Crippen molar-refractivity contribution in [1.29, 1.82) is 0 Å². The molecule has 0 amide bonds. The van der Waals surface area contributed by atoms with E-state index in [4.69, 9.17) is 23.7 Å². The van der Waals surface area contributed by atoms with E-state index >= 15 is 0 Å². The molecule has 5 rings (SSSR count). The first-order chi connectivity index (χ1) is 19.5. The lowest BCUT2D eigenvalue weighted by Crippen LogP contribution is -2.64. The minimum atomic E-state index is -1.75. The van der Waals surface area contributed by atoms with Crippen LogP contribution in [-0.2, 0) is 14.2 Å². The zero-order valence-corrected chi connectivity index (χ0v) is 21.8. The summed E-state index contributed by atoms with van der Waals surface area (Å²) < 4.78 is 28.6. The van der Waals surface area contributed by atoms with E-state index in [1.807, 2.05) is 0 Å². The molecule has 14 heteroatoms. The zero-order valence-electron chi connectivity index (χ0n) is 21.8. The van der Waals surface area contributed by atoms with Gasteiger partial charge < -0.3 is 64.5 Å². The highest BCUT2D eigenvalue weighted by molar-refractivity contribution is 6.02. The molecular formula is C27H32O14. The Morgan fingerprint density at radius 3 is 2.27 bits per heavy atom. The predicted molar refractivity (Wildman–Crippen MR) is 134 cm³/mol. The molecule has 3 aliphatic heterocycles. The lowest BCUT2D eigenvalue weighted by atomic mass is 9.95. The summed E-state index contributed by atoms with van der Waals surface area (Å²) in [6.07, 6.45) is -16.0. The van der Waals surface area contributed by atoms with E-state index in [0.717, 1.165) is 6.07 Å². The first-order valence-electron chi connectivity index (χ1n) is 13.0. The van der Waals surface area contributed by atoms with Crippen LogP contribution in [0.15, 0.2) is 36.4 Å². The molecule has 14 nitrogen and oxygen atoms in total. The Balaban J connectivity index is 1.41. The highest BCUT2D eigenvalue weighted by Gasteiger charge is 2.51. The molecule has 8 N–H and O–H groups in total. The van der Waals surface area contributed by atoms with Crippen LogP contribution < -0.4 is 9.47 Å². The van der Waals surface area contributed by atoms with E-state index in [1.54, 1.807) is 12.1 Å². The van der Waals surface area contributed by atoms with Gasteiger partial charge in [-0.3, -0.25) is 4.79 Å². The van der Waals surface area contributed by atoms with Gasteiger partial charge in [-0.05, 0) is 24.6 Å². The number of carbonyl (C=O) groups is 1. The van der Waals surface area contributed by atoms with Gasteiger partial charge in [-0.15, -0.1) is 0 Å². The molecule has 0 radical (unpaired) electrons. The van der Waals surface area contributed by atoms with Gasteiger partial charge in [0.15, 0.2) is 18.2 Å². The average Bonchev–Trinajstić information content (AvgIpc) is 2.94. The van der Waals surface area contributed by atoms with E-state index in [1.165, 1.54) is 25.1 Å². The Labute approximate surface area is 233 Å². The number of Topliss-reactive ketones (excluding diaryl/α,β-unsaturated/α-hetero) is 1. The fourth-order valence-corrected chi connectivity index (χ4v) is 5.07. The van der Waals surface area contributed by atoms with E-state index in [-0.39, 0.29) is 29.2 Å². The third kappa shape index (κ3) is 5.70. The number of rotatable bonds is 6. The van der Waals surface area contributed by atoms with Gasteiger partial charge in [0.2, 0.25) is 6.29 Å². The van der Waals surface area contributed by atoms with Crippen LogP contribution in [0.25, 0.3) is 0 Å². The van der Waals surface area contributed by atoms with Crippen molar-refractivity contribution in [3.05, 3.63) is 47.5 Å². The summed E-state index contributed by atoms with van der Waals surface area (Å²) in [5.74, 6) is -0.947. The van der Waals surface area contributed by atoms with Crippen LogP contribution in [0.2, 0.25) is 0 Å². The molecule has 3 heterocycles. The van der Waals surface area contributed by atoms with Crippen molar-refractivity contribution in [1.82, 2.24) is 0 Å². The molecule has 41 heavy (non-hydrogen) atoms. The third-order valence-corrected chi connectivity index (χ3v) is 7.42. The second-order valence-electron chi connectivity index (χ2n) is 10.2. The maximum absolute atomic E-state index is 12.9. The highest BCUT2D eigenvalue weighted by atomic mass is 16.8. The molecule has 0 saturated carbocycles. The number of aliphatic hydroxyl groups excluding tert-OH is 6. The zero-order chi connectivity index (χ0) is 29.6. The van der Waals surface area contributed by atoms with Crippen LogP contribution in [0.4, 0.5) is 0 Å². The highest BCUT2D eigenvalue weighted by Crippen LogP contribution is 2.43. The van der Waals surface area contributed by atoms with E-state index in [9.17, 15) is 45.6 Å². The van der Waals surface area contributed by atoms with Gasteiger partial charge in [0.05, 0.1) is 19.1 Å². The molecule has 10 unspecified atom stereocenters. The predicted octanol–water partition coefficient (Wildman–Crippen LogP) is -1.17. The molecule has 11 atom stereocenters. The lowest BCUT2D eigenvalue weighted by molar-refractivity contribution is -0.354. The molecule has 0 bridgehead atoms. The van der Waals surface area contributed by atoms with Crippen molar-refractivity contribution in [2.45, 2.75) is 80.9 Å². The number of aliphatic hydroxyl groups is 6. The summed E-state index contributed by atoms with van der Waals surface area (Å²) in [4.78, 5) is 12.9. The van der Waals surface area contributed by atoms with Crippen LogP contribution in [0.1, 0.15) is 35.4 Å². The Hall–Kier alpha value is -3.05. The maximum Gasteiger partial charge on any atom is 0.229 e. The van der Waals surface area contributed by atoms with Gasteiger partial charge in [-0.2, -0.15) is 0 Å². The first-order valence-corrected chi connectivity index (χ1v) is 13.0. The van der Waals surface area contributed by atoms with Gasteiger partial charge in [0.1, 0.15) is 71.3 Å². The molecule has 2 fully saturated rings. The number of hydrogen-bond donors (Lipinski definition) is 8. The second-order valence-corrected chi connectivity index (χ2v) is 10.2. The van der Waals surface area contributed by atoms with E-state index in [2.05, 4.69) is 0 Å². The lowest BCUT2D eigenvalue weighted by Gasteiger charge is -2.45. The Morgan fingerprint density at radius 1 is 0.878 bits per heavy atom. The average molecular weight is 581 g/mol. The molecule has 0 aliphatic carbocycles. The number of phenolic OH excluding ortho intramolecular Hbond substituents is 2. The molecular weight excluding hydrogens is 548 g/mol. The Morgan fingerprint density at radius 2 is 1.59 bits per heavy atom. The topological polar surface area (TPSA) is 225 Å². The molecule has 224 valence electrons. The molecule has 2 aromatic rings. The quantitative estimate of drug-likeness (QED) is 0.202. The number of aromatic hydroxyl groups is 2. The van der Waals surface area contributed by atoms with E-state index < -0.39 is 85.7 Å². The number of ether oxygens (including phenoxy) is 5. The van der Waals surface area contributed by atoms with Crippen LogP contribution in [-0.4, -0.2) is 115 Å². The van der Waals surface area contributed by atoms with Gasteiger partial charge in [0.25, 0.3) is 0 Å². The number of ketones is 1. The minimum Gasteiger partial charge on any atom is -0.508 e. The van der Waals surface area contributed by atoms with Crippen LogP contribution in [0.3, 0.4) is 0 Å². The fourth-order valence-electron chi connectivity index (χ4n) is 5.07. The summed E-state index contributed by atoms with van der Waals surface area (Å²) in [6.45, 7) is 0.716. The minimum absolute atomic E-state index is 0.0149. The Bertz CT molecular complexity index is 1240. The van der Waals surface area contributed by atoms with E-state index in [0.29, 0.717) is 5.56 Å². The second kappa shape index (κ2) is 11.7. The van der Waals surface area contributed by atoms with Gasteiger partial charge in [0, 0.05) is 12.1 Å². The summed E-state index contributed by atoms with van der Waals surface area (Å²) >= 11 is 0. The van der Waals surface area contributed by atoms with Crippen molar-refractivity contribution < 1.29 is 69.3 Å². The Kier molecular flexibility index (Phi) is 8.39. The fraction of sp³-hybridized carbons (Fsp3) is 0.519. The summed E-state index contributed by atoms with van der Waals surface area (Å²) in [5.41, 5.74) is 0.529. The van der Waals surface area contributed by atoms with Crippen LogP contribution in [0, 0.1) is 0 Å². The molecule has 2 saturated heterocycles. The third-order valence-electron chi connectivity index (χ3n) is 7.42. The summed E-state index contributed by atoms with van der Waals surface area (Å²) in [5, 5.41) is 81.6. The van der Waals surface area contributed by atoms with Crippen molar-refractivity contribution in [2.24, 2.45) is 0 Å². The van der Waals surface area contributed by atoms with Crippen molar-refractivity contribution in [2.75, 3.05) is 6.61 Å². The SMILES string of the molecule is C[C@@H]1OC(OC2C(Oc3cc(O)c4c(c3)OC(c3ccc(O)cc3)CC4=O)OC(CO)C(O)C2O)C(O)C(O)C1O. The number of hydrogen-bond acceptors (Lipinski definition) is 14. The molecule has 0 spiro atoms. The van der Waals surface area contributed by atoms with Gasteiger partial charge in [-0.1, -0.05) is 12.1 Å². The van der Waals surface area contributed by atoms with Crippen LogP contribution >= 0.6 is 0 Å². The number of phenols is 2. The van der Waals surface area contributed by atoms with Gasteiger partial charge in [-0.25, -0.2) is 0 Å². The number of carbonyl (C=O) groups excluding carboxylic acids is 1. The maximum atomic E-state index is 12.9. The monoisotopic (exact) mass is 580 g/mol. The van der Waals surface area contributed by atoms with Crippen molar-refractivity contribution >= 4 is 5.78 Å². The molecule has 3 aliphatic rings. The largest absolute Gasteiger partial charge is 0.508 e. The van der Waals surface area contributed by atoms with Crippen LogP contribution in [0.5, 0.6) is 23.0 Å². The van der Waals surface area contributed by atoms with Gasteiger partial charge >= 0.3 is 0 Å². The summed E-state index contributed by atoms with van der Waals surface area (Å²) in [7, 11) is 0. The normalized spacial score (nSPS) is 37.2. The molecule has 0 aromatic heterocycles. The standard InChI is InChI=1S/C27H32O14/c1-10-20(32)22(34)24(36)26(37-10)41-25-23(35)21(33)18(9-28)40-27(25)38-13-6-14(30)19-15(31)8-16(39-17(19)7-13)11-2-4-12(29)5-3-11/h2-7,10,16,18,20-30,32-36H,8-9H2,1H3/t10-,16?,18?,20?,21?,22?,23?,24?,25?,26?,27?/m0/s1. The summed E-state index contributed by atoms with van der Waals surface area (Å²) in [6, 6.07) is 8.50. The first kappa shape index (κ1) is 29.4. The molecule has 2 aromatic carbocycles.